The van der Waals surface area contributed by atoms with Crippen LogP contribution in [0.15, 0.2) is 18.3 Å². The number of nitro groups is 1. The summed E-state index contributed by atoms with van der Waals surface area (Å²) in [5.41, 5.74) is 1.58. The van der Waals surface area contributed by atoms with Gasteiger partial charge in [0.1, 0.15) is 0 Å². The zero-order valence-corrected chi connectivity index (χ0v) is 9.64. The Hall–Kier alpha value is -1.95. The van der Waals surface area contributed by atoms with Crippen LogP contribution < -0.4 is 0 Å². The molecule has 0 bridgehead atoms. The van der Waals surface area contributed by atoms with Crippen molar-refractivity contribution in [2.45, 2.75) is 19.4 Å². The molecule has 6 heteroatoms. The average Bonchev–Trinajstić information content (AvgIpc) is 2.77. The van der Waals surface area contributed by atoms with Crippen molar-refractivity contribution in [2.75, 3.05) is 7.11 Å². The van der Waals surface area contributed by atoms with E-state index in [4.69, 9.17) is 4.74 Å². The lowest BCUT2D eigenvalue weighted by atomic mass is 10.0. The maximum atomic E-state index is 11.0. The van der Waals surface area contributed by atoms with Crippen LogP contribution in [0.5, 0.6) is 0 Å². The summed E-state index contributed by atoms with van der Waals surface area (Å²) < 4.78 is 5.16. The quantitative estimate of drug-likeness (QED) is 0.649. The van der Waals surface area contributed by atoms with Gasteiger partial charge in [-0.2, -0.15) is 5.10 Å². The van der Waals surface area contributed by atoms with Gasteiger partial charge in [-0.25, -0.2) is 0 Å². The number of fused-ring (bicyclic) bond motifs is 1. The van der Waals surface area contributed by atoms with E-state index in [-0.39, 0.29) is 16.7 Å². The molecule has 0 spiro atoms. The number of benzene rings is 1. The van der Waals surface area contributed by atoms with Crippen molar-refractivity contribution in [1.29, 1.82) is 0 Å². The first kappa shape index (κ1) is 11.5. The van der Waals surface area contributed by atoms with Crippen LogP contribution in [0.1, 0.15) is 12.5 Å². The predicted molar refractivity (Wildman–Crippen MR) is 62.9 cm³/mol. The molecule has 2 aromatic rings. The molecule has 2 rings (SSSR count). The van der Waals surface area contributed by atoms with Crippen LogP contribution in [0, 0.1) is 10.1 Å². The highest BCUT2D eigenvalue weighted by Gasteiger charge is 2.19. The average molecular weight is 235 g/mol. The summed E-state index contributed by atoms with van der Waals surface area (Å²) >= 11 is 0. The van der Waals surface area contributed by atoms with Gasteiger partial charge in [0.2, 0.25) is 0 Å². The van der Waals surface area contributed by atoms with Crippen LogP contribution in [0.25, 0.3) is 10.9 Å². The lowest BCUT2D eigenvalue weighted by molar-refractivity contribution is -0.385. The first-order chi connectivity index (χ1) is 8.13. The summed E-state index contributed by atoms with van der Waals surface area (Å²) in [5, 5.41) is 18.5. The molecule has 1 N–H and O–H groups in total. The van der Waals surface area contributed by atoms with Gasteiger partial charge >= 0.3 is 0 Å². The highest BCUT2D eigenvalue weighted by molar-refractivity contribution is 5.85. The van der Waals surface area contributed by atoms with E-state index >= 15 is 0 Å². The van der Waals surface area contributed by atoms with Crippen molar-refractivity contribution >= 4 is 16.6 Å². The van der Waals surface area contributed by atoms with Crippen LogP contribution in [0.4, 0.5) is 5.69 Å². The highest BCUT2D eigenvalue weighted by Crippen LogP contribution is 2.28. The molecular weight excluding hydrogens is 222 g/mol. The molecule has 17 heavy (non-hydrogen) atoms. The molecule has 0 aliphatic rings. The Morgan fingerprint density at radius 2 is 2.35 bits per heavy atom. The van der Waals surface area contributed by atoms with E-state index in [1.807, 2.05) is 6.92 Å². The molecule has 6 nitrogen and oxygen atoms in total. The smallest absolute Gasteiger partial charge is 0.273 e. The third kappa shape index (κ3) is 2.12. The number of nitrogens with one attached hydrogen (secondary N) is 1. The Labute approximate surface area is 97.7 Å². The first-order valence-electron chi connectivity index (χ1n) is 5.25. The van der Waals surface area contributed by atoms with Gasteiger partial charge in [-0.1, -0.05) is 0 Å². The lowest BCUT2D eigenvalue weighted by Gasteiger charge is -2.10. The molecule has 0 aliphatic carbocycles. The van der Waals surface area contributed by atoms with Gasteiger partial charge in [0.15, 0.2) is 0 Å². The molecule has 1 heterocycles. The van der Waals surface area contributed by atoms with Crippen LogP contribution in [-0.4, -0.2) is 28.3 Å². The number of aromatic amines is 1. The number of ether oxygens (including phenoxy) is 1. The van der Waals surface area contributed by atoms with Crippen molar-refractivity contribution in [1.82, 2.24) is 10.2 Å². The predicted octanol–water partition coefficient (Wildman–Crippen LogP) is 2.05. The Balaban J connectivity index is 2.57. The van der Waals surface area contributed by atoms with Crippen LogP contribution in [-0.2, 0) is 11.2 Å². The first-order valence-corrected chi connectivity index (χ1v) is 5.25. The monoisotopic (exact) mass is 235 g/mol. The number of hydrogen-bond acceptors (Lipinski definition) is 4. The van der Waals surface area contributed by atoms with Crippen molar-refractivity contribution in [3.05, 3.63) is 34.0 Å². The van der Waals surface area contributed by atoms with Crippen LogP contribution >= 0.6 is 0 Å². The number of rotatable bonds is 4. The minimum Gasteiger partial charge on any atom is -0.381 e. The van der Waals surface area contributed by atoms with E-state index in [0.29, 0.717) is 12.0 Å². The molecular formula is C11H13N3O3. The Bertz CT molecular complexity index is 550. The van der Waals surface area contributed by atoms with Crippen molar-refractivity contribution in [3.8, 4) is 0 Å². The summed E-state index contributed by atoms with van der Waals surface area (Å²) in [5.74, 6) is 0. The largest absolute Gasteiger partial charge is 0.381 e. The third-order valence-corrected chi connectivity index (χ3v) is 2.80. The molecule has 0 amide bonds. The van der Waals surface area contributed by atoms with E-state index in [9.17, 15) is 10.1 Å². The van der Waals surface area contributed by atoms with E-state index < -0.39 is 0 Å². The van der Waals surface area contributed by atoms with E-state index in [1.54, 1.807) is 19.4 Å². The second-order valence-electron chi connectivity index (χ2n) is 3.90. The second kappa shape index (κ2) is 4.50. The van der Waals surface area contributed by atoms with E-state index in [2.05, 4.69) is 10.2 Å². The fourth-order valence-corrected chi connectivity index (χ4v) is 1.82. The number of aromatic nitrogens is 2. The molecule has 0 saturated carbocycles. The van der Waals surface area contributed by atoms with Gasteiger partial charge in [0, 0.05) is 30.5 Å². The molecule has 1 atom stereocenters. The SMILES string of the molecule is COC(C)Cc1c([N+](=O)[O-])ccc2[nH]ncc12. The number of hydrogen-bond donors (Lipinski definition) is 1. The Morgan fingerprint density at radius 3 is 3.00 bits per heavy atom. The number of nitro benzene ring substituents is 1. The molecule has 0 radical (unpaired) electrons. The zero-order valence-electron chi connectivity index (χ0n) is 9.64. The van der Waals surface area contributed by atoms with Crippen molar-refractivity contribution in [2.24, 2.45) is 0 Å². The summed E-state index contributed by atoms with van der Waals surface area (Å²) in [4.78, 5) is 10.6. The second-order valence-corrected chi connectivity index (χ2v) is 3.90. The molecule has 0 aliphatic heterocycles. The zero-order chi connectivity index (χ0) is 12.4. The van der Waals surface area contributed by atoms with Crippen LogP contribution in [0.3, 0.4) is 0 Å². The third-order valence-electron chi connectivity index (χ3n) is 2.80. The van der Waals surface area contributed by atoms with Gasteiger partial charge in [-0.15, -0.1) is 0 Å². The van der Waals surface area contributed by atoms with Crippen molar-refractivity contribution in [3.63, 3.8) is 0 Å². The molecule has 90 valence electrons. The minimum absolute atomic E-state index is 0.0748. The fourth-order valence-electron chi connectivity index (χ4n) is 1.82. The van der Waals surface area contributed by atoms with Crippen molar-refractivity contribution < 1.29 is 9.66 Å². The Morgan fingerprint density at radius 1 is 1.59 bits per heavy atom. The molecule has 1 aromatic carbocycles. The standard InChI is InChI=1S/C11H13N3O3/c1-7(17-2)5-8-9-6-12-13-10(9)3-4-11(8)14(15)16/h3-4,6-7H,5H2,1-2H3,(H,12,13). The molecule has 0 saturated heterocycles. The van der Waals surface area contributed by atoms with Gasteiger partial charge in [0.05, 0.1) is 22.7 Å². The highest BCUT2D eigenvalue weighted by atomic mass is 16.6. The topological polar surface area (TPSA) is 81.0 Å². The number of nitrogens with zero attached hydrogens (tertiary/aromatic N) is 2. The van der Waals surface area contributed by atoms with E-state index in [0.717, 1.165) is 10.9 Å². The molecule has 0 fully saturated rings. The lowest BCUT2D eigenvalue weighted by Crippen LogP contribution is -2.10. The normalized spacial score (nSPS) is 12.8. The van der Waals surface area contributed by atoms with Gasteiger partial charge < -0.3 is 4.74 Å². The van der Waals surface area contributed by atoms with Crippen LogP contribution in [0.2, 0.25) is 0 Å². The minimum atomic E-state index is -0.371. The summed E-state index contributed by atoms with van der Waals surface area (Å²) in [6.45, 7) is 1.88. The van der Waals surface area contributed by atoms with E-state index in [1.165, 1.54) is 6.07 Å². The Kier molecular flexibility index (Phi) is 3.06. The maximum absolute atomic E-state index is 11.0. The molecule has 1 unspecified atom stereocenters. The number of methoxy groups -OCH3 is 1. The fraction of sp³-hybridized carbons (Fsp3) is 0.364. The summed E-state index contributed by atoms with van der Waals surface area (Å²) in [6, 6.07) is 3.17. The maximum Gasteiger partial charge on any atom is 0.273 e. The summed E-state index contributed by atoms with van der Waals surface area (Å²) in [7, 11) is 1.59. The number of H-pyrrole nitrogens is 1. The van der Waals surface area contributed by atoms with Gasteiger partial charge in [-0.05, 0) is 13.0 Å². The van der Waals surface area contributed by atoms with Gasteiger partial charge in [-0.3, -0.25) is 15.2 Å². The van der Waals surface area contributed by atoms with Gasteiger partial charge in [0.25, 0.3) is 5.69 Å². The summed E-state index contributed by atoms with van der Waals surface area (Å²) in [6.07, 6.45) is 2.03. The molecule has 1 aromatic heterocycles.